The Labute approximate surface area is 155 Å². The molecular weight excluding hydrogens is 365 g/mol. The number of hydrogen-bond donors (Lipinski definition) is 1. The van der Waals surface area contributed by atoms with E-state index >= 15 is 0 Å². The average molecular weight is 384 g/mol. The quantitative estimate of drug-likeness (QED) is 0.825. The summed E-state index contributed by atoms with van der Waals surface area (Å²) < 4.78 is 0. The van der Waals surface area contributed by atoms with Gasteiger partial charge >= 0.3 is 0 Å². The van der Waals surface area contributed by atoms with Gasteiger partial charge in [-0.25, -0.2) is 4.98 Å². The van der Waals surface area contributed by atoms with Crippen molar-refractivity contribution < 1.29 is 4.79 Å². The third-order valence-corrected chi connectivity index (χ3v) is 5.37. The Balaban J connectivity index is 1.62. The molecule has 1 aliphatic heterocycles. The number of hydrogen-bond acceptors (Lipinski definition) is 4. The molecule has 1 aromatic carbocycles. The standard InChI is InChI=1S/C17H19Cl2N3OS/c1-11-3-2-6-22(8-11)9-16(23)21-17-20-15(10-24-17)13-5-4-12(18)7-14(13)19/h4-5,7,10-11H,2-3,6,8-9H2,1H3,(H,20,21,23). The topological polar surface area (TPSA) is 45.2 Å². The first-order valence-corrected chi connectivity index (χ1v) is 9.58. The minimum absolute atomic E-state index is 0.0211. The van der Waals surface area contributed by atoms with Crippen molar-refractivity contribution in [2.45, 2.75) is 19.8 Å². The number of benzene rings is 1. The number of likely N-dealkylation sites (tertiary alicyclic amines) is 1. The van der Waals surface area contributed by atoms with Gasteiger partial charge in [0.1, 0.15) is 0 Å². The summed E-state index contributed by atoms with van der Waals surface area (Å²) in [4.78, 5) is 18.9. The molecule has 4 nitrogen and oxygen atoms in total. The molecule has 0 bridgehead atoms. The molecule has 2 heterocycles. The van der Waals surface area contributed by atoms with E-state index in [0.717, 1.165) is 30.8 Å². The number of piperidine rings is 1. The number of halogens is 2. The number of anilines is 1. The summed E-state index contributed by atoms with van der Waals surface area (Å²) in [7, 11) is 0. The van der Waals surface area contributed by atoms with E-state index in [4.69, 9.17) is 23.2 Å². The summed E-state index contributed by atoms with van der Waals surface area (Å²) in [6.45, 7) is 4.62. The highest BCUT2D eigenvalue weighted by Crippen LogP contribution is 2.32. The Kier molecular flexibility index (Phi) is 5.76. The number of carbonyl (C=O) groups is 1. The van der Waals surface area contributed by atoms with Crippen LogP contribution in [0.4, 0.5) is 5.13 Å². The van der Waals surface area contributed by atoms with Gasteiger partial charge in [-0.1, -0.05) is 30.1 Å². The van der Waals surface area contributed by atoms with Crippen LogP contribution in [0.15, 0.2) is 23.6 Å². The Morgan fingerprint density at radius 1 is 1.46 bits per heavy atom. The predicted octanol–water partition coefficient (Wildman–Crippen LogP) is 4.79. The van der Waals surface area contributed by atoms with Gasteiger partial charge in [-0.15, -0.1) is 11.3 Å². The lowest BCUT2D eigenvalue weighted by atomic mass is 10.0. The Morgan fingerprint density at radius 3 is 3.04 bits per heavy atom. The van der Waals surface area contributed by atoms with Gasteiger partial charge in [0, 0.05) is 22.5 Å². The van der Waals surface area contributed by atoms with Crippen LogP contribution in [0.1, 0.15) is 19.8 Å². The first-order chi connectivity index (χ1) is 11.5. The van der Waals surface area contributed by atoms with Crippen molar-refractivity contribution in [2.75, 3.05) is 25.0 Å². The molecule has 0 spiro atoms. The number of aromatic nitrogens is 1. The number of thiazole rings is 1. The molecule has 1 unspecified atom stereocenters. The predicted molar refractivity (Wildman–Crippen MR) is 101 cm³/mol. The van der Waals surface area contributed by atoms with Crippen molar-refractivity contribution in [1.29, 1.82) is 0 Å². The SMILES string of the molecule is CC1CCCN(CC(=O)Nc2nc(-c3ccc(Cl)cc3Cl)cs2)C1. The fourth-order valence-electron chi connectivity index (χ4n) is 2.94. The molecule has 1 fully saturated rings. The number of amides is 1. The van der Waals surface area contributed by atoms with Crippen molar-refractivity contribution >= 4 is 45.6 Å². The van der Waals surface area contributed by atoms with Gasteiger partial charge < -0.3 is 5.32 Å². The third-order valence-electron chi connectivity index (χ3n) is 4.07. The van der Waals surface area contributed by atoms with Crippen LogP contribution in [0.25, 0.3) is 11.3 Å². The zero-order valence-electron chi connectivity index (χ0n) is 13.4. The van der Waals surface area contributed by atoms with E-state index in [1.807, 2.05) is 11.4 Å². The molecule has 128 valence electrons. The molecule has 1 atom stereocenters. The summed E-state index contributed by atoms with van der Waals surface area (Å²) in [5, 5.41) is 6.49. The Hall–Kier alpha value is -1.14. The summed E-state index contributed by atoms with van der Waals surface area (Å²) in [5.41, 5.74) is 1.55. The monoisotopic (exact) mass is 383 g/mol. The second-order valence-corrected chi connectivity index (χ2v) is 7.89. The molecule has 1 amide bonds. The highest BCUT2D eigenvalue weighted by Gasteiger charge is 2.19. The van der Waals surface area contributed by atoms with Crippen LogP contribution in [0.2, 0.25) is 10.0 Å². The maximum absolute atomic E-state index is 12.2. The minimum Gasteiger partial charge on any atom is -0.301 e. The molecule has 1 aromatic heterocycles. The lowest BCUT2D eigenvalue weighted by Crippen LogP contribution is -2.39. The van der Waals surface area contributed by atoms with Crippen LogP contribution in [-0.4, -0.2) is 35.4 Å². The maximum Gasteiger partial charge on any atom is 0.240 e. The minimum atomic E-state index is -0.0211. The van der Waals surface area contributed by atoms with Crippen LogP contribution < -0.4 is 5.32 Å². The van der Waals surface area contributed by atoms with Gasteiger partial charge in [-0.3, -0.25) is 9.69 Å². The van der Waals surface area contributed by atoms with Gasteiger partial charge in [0.05, 0.1) is 17.3 Å². The smallest absolute Gasteiger partial charge is 0.240 e. The molecule has 24 heavy (non-hydrogen) atoms. The summed E-state index contributed by atoms with van der Waals surface area (Å²) in [6.07, 6.45) is 2.40. The summed E-state index contributed by atoms with van der Waals surface area (Å²) in [6, 6.07) is 5.30. The van der Waals surface area contributed by atoms with E-state index in [1.165, 1.54) is 17.8 Å². The molecule has 0 radical (unpaired) electrons. The molecule has 3 rings (SSSR count). The van der Waals surface area contributed by atoms with Crippen LogP contribution in [-0.2, 0) is 4.79 Å². The van der Waals surface area contributed by atoms with Crippen LogP contribution in [0, 0.1) is 5.92 Å². The van der Waals surface area contributed by atoms with Gasteiger partial charge in [0.25, 0.3) is 0 Å². The molecule has 0 saturated carbocycles. The van der Waals surface area contributed by atoms with E-state index in [0.29, 0.717) is 27.6 Å². The van der Waals surface area contributed by atoms with E-state index in [9.17, 15) is 4.79 Å². The van der Waals surface area contributed by atoms with Crippen molar-refractivity contribution in [3.8, 4) is 11.3 Å². The molecule has 0 aliphatic carbocycles. The van der Waals surface area contributed by atoms with Gasteiger partial charge in [-0.05, 0) is 43.5 Å². The average Bonchev–Trinajstić information content (AvgIpc) is 2.95. The molecule has 1 N–H and O–H groups in total. The molecule has 1 aliphatic rings. The van der Waals surface area contributed by atoms with Crippen LogP contribution in [0.3, 0.4) is 0 Å². The molecular formula is C17H19Cl2N3OS. The highest BCUT2D eigenvalue weighted by molar-refractivity contribution is 7.14. The molecule has 7 heteroatoms. The van der Waals surface area contributed by atoms with E-state index in [-0.39, 0.29) is 5.91 Å². The van der Waals surface area contributed by atoms with Gasteiger partial charge in [0.2, 0.25) is 5.91 Å². The Morgan fingerprint density at radius 2 is 2.29 bits per heavy atom. The number of nitrogens with one attached hydrogen (secondary N) is 1. The van der Waals surface area contributed by atoms with E-state index in [2.05, 4.69) is 22.1 Å². The molecule has 2 aromatic rings. The highest BCUT2D eigenvalue weighted by atomic mass is 35.5. The zero-order valence-corrected chi connectivity index (χ0v) is 15.7. The lowest BCUT2D eigenvalue weighted by molar-refractivity contribution is -0.117. The second-order valence-electron chi connectivity index (χ2n) is 6.19. The first kappa shape index (κ1) is 17.7. The molecule has 1 saturated heterocycles. The van der Waals surface area contributed by atoms with Crippen molar-refractivity contribution in [3.63, 3.8) is 0 Å². The summed E-state index contributed by atoms with van der Waals surface area (Å²) >= 11 is 13.5. The fraction of sp³-hybridized carbons (Fsp3) is 0.412. The normalized spacial score (nSPS) is 18.5. The number of carbonyl (C=O) groups excluding carboxylic acids is 1. The maximum atomic E-state index is 12.2. The fourth-order valence-corrected chi connectivity index (χ4v) is 4.18. The van der Waals surface area contributed by atoms with Gasteiger partial charge in [-0.2, -0.15) is 0 Å². The van der Waals surface area contributed by atoms with Crippen molar-refractivity contribution in [1.82, 2.24) is 9.88 Å². The lowest BCUT2D eigenvalue weighted by Gasteiger charge is -2.29. The number of nitrogens with zero attached hydrogens (tertiary/aromatic N) is 2. The zero-order chi connectivity index (χ0) is 17.1. The largest absolute Gasteiger partial charge is 0.301 e. The first-order valence-electron chi connectivity index (χ1n) is 7.94. The number of rotatable bonds is 4. The third kappa shape index (κ3) is 4.48. The van der Waals surface area contributed by atoms with Crippen LogP contribution in [0.5, 0.6) is 0 Å². The van der Waals surface area contributed by atoms with Crippen molar-refractivity contribution in [3.05, 3.63) is 33.6 Å². The van der Waals surface area contributed by atoms with Gasteiger partial charge in [0.15, 0.2) is 5.13 Å². The van der Waals surface area contributed by atoms with Crippen LogP contribution >= 0.6 is 34.5 Å². The van der Waals surface area contributed by atoms with Crippen molar-refractivity contribution in [2.24, 2.45) is 5.92 Å². The van der Waals surface area contributed by atoms with E-state index in [1.54, 1.807) is 12.1 Å². The summed E-state index contributed by atoms with van der Waals surface area (Å²) in [5.74, 6) is 0.636. The second kappa shape index (κ2) is 7.83. The Bertz CT molecular complexity index is 734. The van der Waals surface area contributed by atoms with E-state index < -0.39 is 0 Å².